The average molecular weight is 412 g/mol. The first-order valence-corrected chi connectivity index (χ1v) is 10.1. The third-order valence-electron chi connectivity index (χ3n) is 4.05. The number of carbonyl (C=O) groups is 2. The van der Waals surface area contributed by atoms with Crippen LogP contribution in [0.1, 0.15) is 20.3 Å². The Balaban J connectivity index is 2.46. The minimum Gasteiger partial charge on any atom is -0.497 e. The zero-order valence-electron chi connectivity index (χ0n) is 16.0. The standard InChI is InChI=1S/C18H24N2O7S/c1-4-26-19-18(22)17-16(27-13(2)21)7-5-6-12-20(17)28(23,24)15-10-8-14(25-3)9-11-15/h5-6,8-11,16-17H,4,7,12H2,1-3H3,(H,19,22). The van der Waals surface area contributed by atoms with Crippen LogP contribution >= 0.6 is 0 Å². The number of sulfonamides is 1. The first-order valence-electron chi connectivity index (χ1n) is 8.71. The van der Waals surface area contributed by atoms with Crippen molar-refractivity contribution in [3.8, 4) is 5.75 Å². The minimum atomic E-state index is -4.08. The van der Waals surface area contributed by atoms with Gasteiger partial charge in [-0.25, -0.2) is 13.9 Å². The van der Waals surface area contributed by atoms with E-state index in [2.05, 4.69) is 5.48 Å². The number of hydrogen-bond acceptors (Lipinski definition) is 7. The lowest BCUT2D eigenvalue weighted by molar-refractivity contribution is -0.154. The lowest BCUT2D eigenvalue weighted by Gasteiger charge is -2.32. The van der Waals surface area contributed by atoms with Gasteiger partial charge in [0.25, 0.3) is 5.91 Å². The number of esters is 1. The fourth-order valence-corrected chi connectivity index (χ4v) is 4.36. The molecule has 1 heterocycles. The SMILES string of the molecule is CCONC(=O)C1C(OC(C)=O)CC=CCN1S(=O)(=O)c1ccc(OC)cc1. The van der Waals surface area contributed by atoms with E-state index in [4.69, 9.17) is 14.3 Å². The van der Waals surface area contributed by atoms with Crippen molar-refractivity contribution in [3.63, 3.8) is 0 Å². The van der Waals surface area contributed by atoms with Crippen LogP contribution < -0.4 is 10.2 Å². The number of rotatable bonds is 7. The summed E-state index contributed by atoms with van der Waals surface area (Å²) in [6.07, 6.45) is 2.49. The monoisotopic (exact) mass is 412 g/mol. The predicted octanol–water partition coefficient (Wildman–Crippen LogP) is 1.01. The summed E-state index contributed by atoms with van der Waals surface area (Å²) in [6, 6.07) is 4.51. The van der Waals surface area contributed by atoms with Crippen LogP contribution in [0.3, 0.4) is 0 Å². The molecule has 1 aromatic rings. The van der Waals surface area contributed by atoms with Crippen LogP contribution in [-0.2, 0) is 29.2 Å². The summed E-state index contributed by atoms with van der Waals surface area (Å²) in [5.41, 5.74) is 2.22. The lowest BCUT2D eigenvalue weighted by atomic mass is 10.1. The van der Waals surface area contributed by atoms with Gasteiger partial charge in [0.2, 0.25) is 10.0 Å². The van der Waals surface area contributed by atoms with Crippen molar-refractivity contribution in [2.75, 3.05) is 20.3 Å². The van der Waals surface area contributed by atoms with Crippen LogP contribution in [0, 0.1) is 0 Å². The van der Waals surface area contributed by atoms with Crippen molar-refractivity contribution in [2.24, 2.45) is 0 Å². The van der Waals surface area contributed by atoms with E-state index < -0.39 is 34.0 Å². The van der Waals surface area contributed by atoms with Gasteiger partial charge in [0.15, 0.2) is 0 Å². The molecule has 9 nitrogen and oxygen atoms in total. The predicted molar refractivity (Wildman–Crippen MR) is 99.8 cm³/mol. The van der Waals surface area contributed by atoms with Crippen LogP contribution in [0.2, 0.25) is 0 Å². The summed E-state index contributed by atoms with van der Waals surface area (Å²) in [6.45, 7) is 3.01. The van der Waals surface area contributed by atoms with Crippen molar-refractivity contribution >= 4 is 21.9 Å². The van der Waals surface area contributed by atoms with E-state index in [9.17, 15) is 18.0 Å². The zero-order chi connectivity index (χ0) is 20.7. The normalized spacial score (nSPS) is 20.2. The van der Waals surface area contributed by atoms with Gasteiger partial charge in [0.1, 0.15) is 17.9 Å². The highest BCUT2D eigenvalue weighted by Crippen LogP contribution is 2.26. The van der Waals surface area contributed by atoms with E-state index in [1.165, 1.54) is 38.3 Å². The van der Waals surface area contributed by atoms with Crippen molar-refractivity contribution < 1.29 is 32.3 Å². The van der Waals surface area contributed by atoms with Gasteiger partial charge in [-0.2, -0.15) is 4.31 Å². The van der Waals surface area contributed by atoms with Crippen molar-refractivity contribution in [3.05, 3.63) is 36.4 Å². The third kappa shape index (κ3) is 5.09. The fraction of sp³-hybridized carbons (Fsp3) is 0.444. The molecule has 2 unspecified atom stereocenters. The topological polar surface area (TPSA) is 111 Å². The first-order chi connectivity index (χ1) is 13.3. The Bertz CT molecular complexity index is 821. The van der Waals surface area contributed by atoms with Crippen molar-refractivity contribution in [2.45, 2.75) is 37.3 Å². The number of hydroxylamine groups is 1. The van der Waals surface area contributed by atoms with Gasteiger partial charge in [0.05, 0.1) is 18.6 Å². The molecule has 2 atom stereocenters. The molecule has 154 valence electrons. The number of hydrogen-bond donors (Lipinski definition) is 1. The first kappa shape index (κ1) is 21.9. The fourth-order valence-electron chi connectivity index (χ4n) is 2.80. The minimum absolute atomic E-state index is 0.0145. The maximum absolute atomic E-state index is 13.2. The molecule has 0 radical (unpaired) electrons. The average Bonchev–Trinajstić information content (AvgIpc) is 2.88. The number of benzene rings is 1. The third-order valence-corrected chi connectivity index (χ3v) is 5.91. The van der Waals surface area contributed by atoms with Crippen LogP contribution in [0.5, 0.6) is 5.75 Å². The number of methoxy groups -OCH3 is 1. The Morgan fingerprint density at radius 1 is 1.21 bits per heavy atom. The summed E-state index contributed by atoms with van der Waals surface area (Å²) in [5, 5.41) is 0. The Kier molecular flexibility index (Phi) is 7.55. The lowest BCUT2D eigenvalue weighted by Crippen LogP contribution is -2.55. The van der Waals surface area contributed by atoms with E-state index in [1.54, 1.807) is 19.1 Å². The molecule has 1 N–H and O–H groups in total. The molecular weight excluding hydrogens is 388 g/mol. The molecular formula is C18H24N2O7S. The van der Waals surface area contributed by atoms with Crippen LogP contribution in [0.4, 0.5) is 0 Å². The quantitative estimate of drug-likeness (QED) is 0.404. The highest BCUT2D eigenvalue weighted by Gasteiger charge is 2.43. The molecule has 0 aliphatic carbocycles. The molecule has 1 aliphatic heterocycles. The molecule has 0 saturated carbocycles. The van der Waals surface area contributed by atoms with Gasteiger partial charge in [-0.1, -0.05) is 12.2 Å². The van der Waals surface area contributed by atoms with E-state index in [0.717, 1.165) is 4.31 Å². The highest BCUT2D eigenvalue weighted by molar-refractivity contribution is 7.89. The van der Waals surface area contributed by atoms with E-state index >= 15 is 0 Å². The van der Waals surface area contributed by atoms with Gasteiger partial charge in [0, 0.05) is 19.9 Å². The van der Waals surface area contributed by atoms with Crippen LogP contribution in [0.25, 0.3) is 0 Å². The maximum atomic E-state index is 13.2. The Hall–Kier alpha value is -2.43. The van der Waals surface area contributed by atoms with E-state index in [1.807, 2.05) is 0 Å². The van der Waals surface area contributed by atoms with Crippen molar-refractivity contribution in [1.82, 2.24) is 9.79 Å². The molecule has 0 saturated heterocycles. The van der Waals surface area contributed by atoms with Gasteiger partial charge in [-0.05, 0) is 31.2 Å². The molecule has 1 amide bonds. The van der Waals surface area contributed by atoms with Gasteiger partial charge in [-0.3, -0.25) is 14.4 Å². The number of ether oxygens (including phenoxy) is 2. The van der Waals surface area contributed by atoms with Crippen molar-refractivity contribution in [1.29, 1.82) is 0 Å². The molecule has 28 heavy (non-hydrogen) atoms. The smallest absolute Gasteiger partial charge is 0.302 e. The Morgan fingerprint density at radius 2 is 1.89 bits per heavy atom. The number of nitrogens with zero attached hydrogens (tertiary/aromatic N) is 1. The second kappa shape index (κ2) is 9.67. The second-order valence-corrected chi connectivity index (χ2v) is 7.84. The highest BCUT2D eigenvalue weighted by atomic mass is 32.2. The van der Waals surface area contributed by atoms with Crippen LogP contribution in [0.15, 0.2) is 41.3 Å². The van der Waals surface area contributed by atoms with Crippen LogP contribution in [-0.4, -0.2) is 57.0 Å². The summed E-state index contributed by atoms with van der Waals surface area (Å²) in [5.74, 6) is -0.830. The largest absolute Gasteiger partial charge is 0.497 e. The Labute approximate surface area is 164 Å². The second-order valence-electron chi connectivity index (χ2n) is 5.95. The van der Waals surface area contributed by atoms with E-state index in [-0.39, 0.29) is 24.5 Å². The Morgan fingerprint density at radius 3 is 2.46 bits per heavy atom. The molecule has 1 aliphatic rings. The number of nitrogens with one attached hydrogen (secondary N) is 1. The number of carbonyl (C=O) groups excluding carboxylic acids is 2. The molecule has 0 bridgehead atoms. The summed E-state index contributed by atoms with van der Waals surface area (Å²) >= 11 is 0. The molecule has 10 heteroatoms. The van der Waals surface area contributed by atoms with Gasteiger partial charge >= 0.3 is 5.97 Å². The van der Waals surface area contributed by atoms with Gasteiger partial charge < -0.3 is 9.47 Å². The summed E-state index contributed by atoms with van der Waals surface area (Å²) in [4.78, 5) is 29.1. The zero-order valence-corrected chi connectivity index (χ0v) is 16.8. The van der Waals surface area contributed by atoms with Gasteiger partial charge in [-0.15, -0.1) is 0 Å². The molecule has 1 aromatic carbocycles. The molecule has 0 fully saturated rings. The van der Waals surface area contributed by atoms with E-state index in [0.29, 0.717) is 5.75 Å². The molecule has 0 aromatic heterocycles. The maximum Gasteiger partial charge on any atom is 0.302 e. The summed E-state index contributed by atoms with van der Waals surface area (Å²) in [7, 11) is -2.61. The number of amides is 1. The molecule has 2 rings (SSSR count). The molecule has 0 spiro atoms. The summed E-state index contributed by atoms with van der Waals surface area (Å²) < 4.78 is 37.8.